The predicted molar refractivity (Wildman–Crippen MR) is 126 cm³/mol. The third-order valence-electron chi connectivity index (χ3n) is 7.43. The molecule has 4 aliphatic rings. The van der Waals surface area contributed by atoms with Crippen LogP contribution in [-0.2, 0) is 10.9 Å². The topological polar surface area (TPSA) is 50.8 Å². The summed E-state index contributed by atoms with van der Waals surface area (Å²) < 4.78 is 51.5. The molecule has 0 aliphatic carbocycles. The Balaban J connectivity index is 1.39. The number of rotatable bonds is 3. The Morgan fingerprint density at radius 3 is 2.57 bits per heavy atom. The van der Waals surface area contributed by atoms with Gasteiger partial charge in [0.25, 0.3) is 0 Å². The first kappa shape index (κ1) is 24.3. The van der Waals surface area contributed by atoms with Crippen molar-refractivity contribution in [3.63, 3.8) is 0 Å². The lowest BCUT2D eigenvalue weighted by Gasteiger charge is -2.44. The second-order valence-corrected chi connectivity index (χ2v) is 10.8. The summed E-state index contributed by atoms with van der Waals surface area (Å²) in [6, 6.07) is 8.03. The maximum absolute atomic E-state index is 13.2. The summed E-state index contributed by atoms with van der Waals surface area (Å²) in [7, 11) is 0. The van der Waals surface area contributed by atoms with Crippen LogP contribution >= 0.6 is 11.6 Å². The molecule has 1 unspecified atom stereocenters. The van der Waals surface area contributed by atoms with Crippen LogP contribution in [0.15, 0.2) is 36.4 Å². The number of hydrogen-bond donors (Lipinski definition) is 1. The first-order valence-electron chi connectivity index (χ1n) is 11.8. The molecular formula is C26H28ClF3N2O3. The number of hydrogen-bond acceptors (Lipinski definition) is 4. The average molecular weight is 509 g/mol. The smallest absolute Gasteiger partial charge is 0.416 e. The zero-order valence-corrected chi connectivity index (χ0v) is 20.4. The van der Waals surface area contributed by atoms with Crippen molar-refractivity contribution in [3.05, 3.63) is 52.5 Å². The minimum atomic E-state index is -4.47. The van der Waals surface area contributed by atoms with E-state index in [9.17, 15) is 18.0 Å². The number of ether oxygens (including phenoxy) is 2. The van der Waals surface area contributed by atoms with E-state index in [1.165, 1.54) is 6.07 Å². The van der Waals surface area contributed by atoms with Crippen LogP contribution < -0.4 is 10.1 Å². The maximum Gasteiger partial charge on any atom is 0.416 e. The lowest BCUT2D eigenvalue weighted by atomic mass is 9.78. The molecule has 35 heavy (non-hydrogen) atoms. The van der Waals surface area contributed by atoms with Crippen molar-refractivity contribution in [1.82, 2.24) is 10.2 Å². The quantitative estimate of drug-likeness (QED) is 0.528. The largest absolute Gasteiger partial charge is 0.493 e. The first-order valence-corrected chi connectivity index (χ1v) is 12.2. The highest BCUT2D eigenvalue weighted by atomic mass is 35.5. The summed E-state index contributed by atoms with van der Waals surface area (Å²) in [6.07, 6.45) is -2.95. The van der Waals surface area contributed by atoms with Gasteiger partial charge in [-0.05, 0) is 61.7 Å². The molecule has 3 fully saturated rings. The first-order chi connectivity index (χ1) is 16.5. The Labute approximate surface area is 207 Å². The lowest BCUT2D eigenvalue weighted by molar-refractivity contribution is -0.137. The summed E-state index contributed by atoms with van der Waals surface area (Å²) in [4.78, 5) is 15.2. The molecule has 0 saturated carbocycles. The third kappa shape index (κ3) is 4.83. The highest BCUT2D eigenvalue weighted by Crippen LogP contribution is 2.45. The fourth-order valence-corrected chi connectivity index (χ4v) is 5.59. The Morgan fingerprint density at radius 2 is 1.91 bits per heavy atom. The summed E-state index contributed by atoms with van der Waals surface area (Å²) in [5, 5.41) is 3.25. The van der Waals surface area contributed by atoms with Gasteiger partial charge in [0.2, 0.25) is 0 Å². The van der Waals surface area contributed by atoms with E-state index in [1.54, 1.807) is 18.2 Å². The van der Waals surface area contributed by atoms with E-state index in [0.717, 1.165) is 50.2 Å². The molecule has 2 bridgehead atoms. The number of nitrogens with one attached hydrogen (secondary N) is 1. The van der Waals surface area contributed by atoms with Crippen molar-refractivity contribution in [3.8, 4) is 16.9 Å². The number of carbonyl (C=O) groups excluding carboxylic acids is 1. The van der Waals surface area contributed by atoms with Crippen molar-refractivity contribution in [2.45, 2.75) is 45.0 Å². The Kier molecular flexibility index (Phi) is 6.16. The minimum absolute atomic E-state index is 0.106. The molecule has 4 aliphatic heterocycles. The van der Waals surface area contributed by atoms with E-state index < -0.39 is 23.2 Å². The van der Waals surface area contributed by atoms with Crippen LogP contribution in [0.1, 0.15) is 43.9 Å². The molecule has 1 N–H and O–H groups in total. The third-order valence-corrected chi connectivity index (χ3v) is 7.76. The molecule has 0 spiro atoms. The number of carbonyl (C=O) groups is 1. The normalized spacial score (nSPS) is 27.0. The molecule has 2 atom stereocenters. The van der Waals surface area contributed by atoms with Crippen LogP contribution in [0, 0.1) is 11.3 Å². The second-order valence-electron chi connectivity index (χ2n) is 10.4. The van der Waals surface area contributed by atoms with Gasteiger partial charge in [-0.25, -0.2) is 4.79 Å². The molecule has 2 aromatic rings. The van der Waals surface area contributed by atoms with E-state index in [-0.39, 0.29) is 22.7 Å². The maximum atomic E-state index is 13.2. The van der Waals surface area contributed by atoms with Gasteiger partial charge in [-0.15, -0.1) is 0 Å². The van der Waals surface area contributed by atoms with Gasteiger partial charge in [0.05, 0.1) is 18.2 Å². The molecule has 9 heteroatoms. The van der Waals surface area contributed by atoms with Crippen LogP contribution in [0.4, 0.5) is 18.0 Å². The monoisotopic (exact) mass is 508 g/mol. The standard InChI is InChI=1S/C26H28ClF3N2O3/c1-25(2)14-34-21-11-16(19-12-17(26(28,29)30)4-6-20(19)27)3-5-18(21)23(25)31-24(33)35-22-13-32-9-7-15(22)8-10-32/h3-6,11-12,15,22-23H,7-10,13-14H2,1-2H3,(H,31,33)/t22-,23?/m0/s1. The molecule has 0 radical (unpaired) electrons. The SMILES string of the molecule is CC1(C)COc2cc(-c3cc(C(F)(F)F)ccc3Cl)ccc2C1NC(=O)O[C@H]1CN2CCC1CC2. The van der Waals surface area contributed by atoms with Crippen LogP contribution in [0.25, 0.3) is 11.1 Å². The van der Waals surface area contributed by atoms with Crippen LogP contribution in [0.3, 0.4) is 0 Å². The second kappa shape index (κ2) is 8.89. The van der Waals surface area contributed by atoms with Crippen molar-refractivity contribution >= 4 is 17.7 Å². The van der Waals surface area contributed by atoms with E-state index in [1.807, 2.05) is 13.8 Å². The van der Waals surface area contributed by atoms with Crippen molar-refractivity contribution in [1.29, 1.82) is 0 Å². The molecule has 2 aromatic carbocycles. The van der Waals surface area contributed by atoms with Gasteiger partial charge in [0, 0.05) is 28.1 Å². The molecule has 6 rings (SSSR count). The lowest BCUT2D eigenvalue weighted by Crippen LogP contribution is -2.53. The minimum Gasteiger partial charge on any atom is -0.493 e. The van der Waals surface area contributed by atoms with E-state index in [4.69, 9.17) is 21.1 Å². The molecule has 1 amide bonds. The van der Waals surface area contributed by atoms with Gasteiger partial charge >= 0.3 is 12.3 Å². The highest BCUT2D eigenvalue weighted by Gasteiger charge is 2.41. The van der Waals surface area contributed by atoms with Crippen molar-refractivity contribution < 1.29 is 27.4 Å². The Bertz CT molecular complexity index is 1130. The van der Waals surface area contributed by atoms with Gasteiger partial charge in [-0.3, -0.25) is 4.90 Å². The van der Waals surface area contributed by atoms with Crippen LogP contribution in [-0.4, -0.2) is 43.3 Å². The summed E-state index contributed by atoms with van der Waals surface area (Å²) in [5.41, 5.74) is 0.332. The summed E-state index contributed by atoms with van der Waals surface area (Å²) >= 11 is 6.24. The average Bonchev–Trinajstić information content (AvgIpc) is 2.81. The number of benzene rings is 2. The molecular weight excluding hydrogens is 481 g/mol. The van der Waals surface area contributed by atoms with Crippen LogP contribution in [0.2, 0.25) is 5.02 Å². The van der Waals surface area contributed by atoms with Gasteiger partial charge in [0.1, 0.15) is 11.9 Å². The Morgan fingerprint density at radius 1 is 1.17 bits per heavy atom. The molecule has 4 heterocycles. The number of alkyl carbamates (subject to hydrolysis) is 1. The van der Waals surface area contributed by atoms with Crippen molar-refractivity contribution in [2.75, 3.05) is 26.2 Å². The van der Waals surface area contributed by atoms with E-state index in [2.05, 4.69) is 10.2 Å². The summed E-state index contributed by atoms with van der Waals surface area (Å²) in [5.74, 6) is 0.906. The fourth-order valence-electron chi connectivity index (χ4n) is 5.36. The van der Waals surface area contributed by atoms with Crippen LogP contribution in [0.5, 0.6) is 5.75 Å². The summed E-state index contributed by atoms with van der Waals surface area (Å²) in [6.45, 7) is 7.20. The zero-order valence-electron chi connectivity index (χ0n) is 19.6. The van der Waals surface area contributed by atoms with Gasteiger partial charge in [0.15, 0.2) is 0 Å². The van der Waals surface area contributed by atoms with E-state index in [0.29, 0.717) is 23.8 Å². The Hall–Kier alpha value is -2.45. The van der Waals surface area contributed by atoms with Gasteiger partial charge < -0.3 is 14.8 Å². The van der Waals surface area contributed by atoms with Gasteiger partial charge in [-0.2, -0.15) is 13.2 Å². The number of fused-ring (bicyclic) bond motifs is 4. The number of nitrogens with zero attached hydrogens (tertiary/aromatic N) is 1. The number of halogens is 4. The molecule has 188 valence electrons. The predicted octanol–water partition coefficient (Wildman–Crippen LogP) is 6.31. The van der Waals surface area contributed by atoms with Crippen molar-refractivity contribution in [2.24, 2.45) is 11.3 Å². The number of alkyl halides is 3. The molecule has 0 aromatic heterocycles. The molecule has 3 saturated heterocycles. The zero-order chi connectivity index (χ0) is 25.0. The number of amides is 1. The highest BCUT2D eigenvalue weighted by molar-refractivity contribution is 6.33. The van der Waals surface area contributed by atoms with Gasteiger partial charge in [-0.1, -0.05) is 37.6 Å². The molecule has 5 nitrogen and oxygen atoms in total. The van der Waals surface area contributed by atoms with E-state index >= 15 is 0 Å². The fraction of sp³-hybridized carbons (Fsp3) is 0.500. The number of piperidine rings is 3.